The van der Waals surface area contributed by atoms with E-state index in [1.165, 1.54) is 31.0 Å². The fraction of sp³-hybridized carbons (Fsp3) is 0.611. The minimum atomic E-state index is -0.330. The van der Waals surface area contributed by atoms with Crippen LogP contribution in [0.2, 0.25) is 0 Å². The maximum Gasteiger partial charge on any atom is 0.321 e. The minimum absolute atomic E-state index is 0.0623. The maximum atomic E-state index is 12.3. The van der Waals surface area contributed by atoms with Gasteiger partial charge >= 0.3 is 6.03 Å². The summed E-state index contributed by atoms with van der Waals surface area (Å²) in [7, 11) is 0. The van der Waals surface area contributed by atoms with Gasteiger partial charge in [-0.05, 0) is 68.4 Å². The Bertz CT molecular complexity index is 599. The second-order valence-corrected chi connectivity index (χ2v) is 8.65. The second-order valence-electron chi connectivity index (χ2n) is 7.66. The molecule has 0 aliphatic heterocycles. The van der Waals surface area contributed by atoms with Crippen molar-refractivity contribution in [1.82, 2.24) is 15.6 Å². The van der Waals surface area contributed by atoms with Crippen molar-refractivity contribution in [3.8, 4) is 0 Å². The fourth-order valence-electron chi connectivity index (χ4n) is 5.27. The molecule has 4 saturated carbocycles. The van der Waals surface area contributed by atoms with Gasteiger partial charge in [0.25, 0.3) is 0 Å². The Morgan fingerprint density at radius 1 is 1.12 bits per heavy atom. The van der Waals surface area contributed by atoms with Gasteiger partial charge in [0.15, 0.2) is 0 Å². The summed E-state index contributed by atoms with van der Waals surface area (Å²) in [5.41, 5.74) is -0.0623. The third-order valence-corrected chi connectivity index (χ3v) is 6.60. The highest BCUT2D eigenvalue weighted by Gasteiger charge is 2.51. The van der Waals surface area contributed by atoms with E-state index in [1.807, 2.05) is 18.2 Å². The lowest BCUT2D eigenvalue weighted by atomic mass is 9.53. The molecular formula is C18H23N3O2S. The zero-order valence-electron chi connectivity index (χ0n) is 13.7. The number of aromatic nitrogens is 1. The van der Waals surface area contributed by atoms with Crippen molar-refractivity contribution in [3.05, 3.63) is 24.4 Å². The van der Waals surface area contributed by atoms with Crippen LogP contribution in [0.25, 0.3) is 0 Å². The number of rotatable bonds is 4. The molecule has 4 aliphatic carbocycles. The topological polar surface area (TPSA) is 71.1 Å². The van der Waals surface area contributed by atoms with Crippen LogP contribution in [0, 0.1) is 17.8 Å². The molecule has 6 heteroatoms. The Hall–Kier alpha value is -1.56. The van der Waals surface area contributed by atoms with Crippen molar-refractivity contribution >= 4 is 23.7 Å². The summed E-state index contributed by atoms with van der Waals surface area (Å²) in [4.78, 5) is 28.4. The van der Waals surface area contributed by atoms with Gasteiger partial charge in [0, 0.05) is 11.7 Å². The Kier molecular flexibility index (Phi) is 4.24. The monoisotopic (exact) mass is 345 g/mol. The Balaban J connectivity index is 1.28. The van der Waals surface area contributed by atoms with Crippen LogP contribution in [0.15, 0.2) is 29.4 Å². The Morgan fingerprint density at radius 2 is 1.79 bits per heavy atom. The summed E-state index contributed by atoms with van der Waals surface area (Å²) in [6, 6.07) is 5.24. The van der Waals surface area contributed by atoms with E-state index in [0.717, 1.165) is 42.0 Å². The molecule has 0 atom stereocenters. The van der Waals surface area contributed by atoms with Gasteiger partial charge in [-0.15, -0.1) is 0 Å². The summed E-state index contributed by atoms with van der Waals surface area (Å²) < 4.78 is 0. The predicted octanol–water partition coefficient (Wildman–Crippen LogP) is 2.97. The molecule has 0 unspecified atom stereocenters. The van der Waals surface area contributed by atoms with E-state index in [2.05, 4.69) is 15.6 Å². The van der Waals surface area contributed by atoms with Gasteiger partial charge < -0.3 is 5.32 Å². The van der Waals surface area contributed by atoms with Crippen molar-refractivity contribution in [2.24, 2.45) is 17.8 Å². The highest BCUT2D eigenvalue weighted by Crippen LogP contribution is 2.55. The zero-order valence-corrected chi connectivity index (χ0v) is 14.5. The SMILES string of the molecule is O=C(CSc1ccccn1)NC(=O)NC12CC3CC(CC(C3)C1)C2. The standard InChI is InChI=1S/C18H23N3O2S/c22-15(11-24-16-3-1-2-4-19-16)20-17(23)21-18-8-12-5-13(9-18)7-14(6-12)10-18/h1-4,12-14H,5-11H2,(H2,20,21,22,23). The molecule has 1 heterocycles. The number of carbonyl (C=O) groups is 2. The molecule has 0 saturated heterocycles. The number of hydrogen-bond acceptors (Lipinski definition) is 4. The average molecular weight is 345 g/mol. The van der Waals surface area contributed by atoms with Crippen LogP contribution in [0.5, 0.6) is 0 Å². The molecular weight excluding hydrogens is 322 g/mol. The Labute approximate surface area is 146 Å². The highest BCUT2D eigenvalue weighted by atomic mass is 32.2. The quantitative estimate of drug-likeness (QED) is 0.823. The second kappa shape index (κ2) is 6.39. The number of urea groups is 1. The van der Waals surface area contributed by atoms with Gasteiger partial charge in [0.05, 0.1) is 10.8 Å². The number of hydrogen-bond donors (Lipinski definition) is 2. The van der Waals surface area contributed by atoms with Gasteiger partial charge in [0.2, 0.25) is 5.91 Å². The molecule has 2 N–H and O–H groups in total. The molecule has 128 valence electrons. The van der Waals surface area contributed by atoms with Gasteiger partial charge in [-0.2, -0.15) is 0 Å². The number of imide groups is 1. The number of carbonyl (C=O) groups excluding carboxylic acids is 2. The minimum Gasteiger partial charge on any atom is -0.332 e. The van der Waals surface area contributed by atoms with Gasteiger partial charge in [0.1, 0.15) is 0 Å². The molecule has 1 aromatic heterocycles. The predicted molar refractivity (Wildman–Crippen MR) is 92.5 cm³/mol. The van der Waals surface area contributed by atoms with E-state index in [1.54, 1.807) is 6.20 Å². The smallest absolute Gasteiger partial charge is 0.321 e. The fourth-order valence-corrected chi connectivity index (χ4v) is 5.93. The molecule has 4 fully saturated rings. The zero-order chi connectivity index (χ0) is 16.6. The van der Waals surface area contributed by atoms with Crippen LogP contribution in [0.4, 0.5) is 4.79 Å². The van der Waals surface area contributed by atoms with E-state index in [-0.39, 0.29) is 23.2 Å². The molecule has 0 radical (unpaired) electrons. The third kappa shape index (κ3) is 3.43. The number of amides is 3. The van der Waals surface area contributed by atoms with Gasteiger partial charge in [-0.3, -0.25) is 10.1 Å². The van der Waals surface area contributed by atoms with Gasteiger partial charge in [-0.1, -0.05) is 17.8 Å². The number of thioether (sulfide) groups is 1. The molecule has 1 aromatic rings. The third-order valence-electron chi connectivity index (χ3n) is 5.66. The van der Waals surface area contributed by atoms with Crippen LogP contribution in [0.3, 0.4) is 0 Å². The van der Waals surface area contributed by atoms with Gasteiger partial charge in [-0.25, -0.2) is 9.78 Å². The van der Waals surface area contributed by atoms with Crippen LogP contribution in [-0.2, 0) is 4.79 Å². The summed E-state index contributed by atoms with van der Waals surface area (Å²) in [5.74, 6) is 2.24. The molecule has 24 heavy (non-hydrogen) atoms. The number of nitrogens with zero attached hydrogens (tertiary/aromatic N) is 1. The number of pyridine rings is 1. The average Bonchev–Trinajstić information content (AvgIpc) is 2.52. The van der Waals surface area contributed by atoms with E-state index in [0.29, 0.717) is 0 Å². The summed E-state index contributed by atoms with van der Waals surface area (Å²) in [6.07, 6.45) is 8.96. The van der Waals surface area contributed by atoms with E-state index in [9.17, 15) is 9.59 Å². The molecule has 4 aliphatic rings. The molecule has 5 nitrogen and oxygen atoms in total. The molecule has 4 bridgehead atoms. The van der Waals surface area contributed by atoms with Crippen LogP contribution < -0.4 is 10.6 Å². The molecule has 0 spiro atoms. The van der Waals surface area contributed by atoms with Crippen LogP contribution >= 0.6 is 11.8 Å². The molecule has 3 amide bonds. The summed E-state index contributed by atoms with van der Waals surface area (Å²) in [6.45, 7) is 0. The van der Waals surface area contributed by atoms with Crippen molar-refractivity contribution < 1.29 is 9.59 Å². The lowest BCUT2D eigenvalue weighted by Crippen LogP contribution is -2.61. The number of nitrogens with one attached hydrogen (secondary N) is 2. The first-order valence-corrected chi connectivity index (χ1v) is 9.75. The van der Waals surface area contributed by atoms with E-state index >= 15 is 0 Å². The first-order valence-electron chi connectivity index (χ1n) is 8.76. The van der Waals surface area contributed by atoms with Crippen molar-refractivity contribution in [2.75, 3.05) is 5.75 Å². The lowest BCUT2D eigenvalue weighted by Gasteiger charge is -2.56. The van der Waals surface area contributed by atoms with Crippen molar-refractivity contribution in [3.63, 3.8) is 0 Å². The maximum absolute atomic E-state index is 12.3. The van der Waals surface area contributed by atoms with Crippen molar-refractivity contribution in [2.45, 2.75) is 49.1 Å². The van der Waals surface area contributed by atoms with Crippen LogP contribution in [0.1, 0.15) is 38.5 Å². The highest BCUT2D eigenvalue weighted by molar-refractivity contribution is 7.99. The summed E-state index contributed by atoms with van der Waals surface area (Å²) >= 11 is 1.34. The Morgan fingerprint density at radius 3 is 2.38 bits per heavy atom. The van der Waals surface area contributed by atoms with E-state index < -0.39 is 0 Å². The first kappa shape index (κ1) is 15.9. The summed E-state index contributed by atoms with van der Waals surface area (Å²) in [5, 5.41) is 6.43. The lowest BCUT2D eigenvalue weighted by molar-refractivity contribution is -0.117. The molecule has 0 aromatic carbocycles. The van der Waals surface area contributed by atoms with Crippen molar-refractivity contribution in [1.29, 1.82) is 0 Å². The van der Waals surface area contributed by atoms with Crippen LogP contribution in [-0.4, -0.2) is 28.2 Å². The normalized spacial score (nSPS) is 33.2. The molecule has 5 rings (SSSR count). The van der Waals surface area contributed by atoms with E-state index in [4.69, 9.17) is 0 Å². The largest absolute Gasteiger partial charge is 0.332 e. The first-order chi connectivity index (χ1) is 11.6.